The van der Waals surface area contributed by atoms with Gasteiger partial charge in [0.2, 0.25) is 0 Å². The first-order chi connectivity index (χ1) is 9.69. The SMILES string of the molecule is CC(C)CC1(CNC2CCc3cccnc32)CCCC1. The Hall–Kier alpha value is -0.890. The zero-order chi connectivity index (χ0) is 14.0. The Balaban J connectivity index is 1.64. The molecule has 1 aromatic heterocycles. The molecule has 110 valence electrons. The van der Waals surface area contributed by atoms with Crippen LogP contribution in [0.1, 0.15) is 69.7 Å². The number of nitrogens with zero attached hydrogens (tertiary/aromatic N) is 1. The summed E-state index contributed by atoms with van der Waals surface area (Å²) in [6.45, 7) is 5.92. The Labute approximate surface area is 123 Å². The van der Waals surface area contributed by atoms with Gasteiger partial charge in [0.15, 0.2) is 0 Å². The second-order valence-corrected chi connectivity index (χ2v) is 7.33. The zero-order valence-electron chi connectivity index (χ0n) is 13.0. The van der Waals surface area contributed by atoms with E-state index >= 15 is 0 Å². The summed E-state index contributed by atoms with van der Waals surface area (Å²) in [5.74, 6) is 0.809. The first-order valence-corrected chi connectivity index (χ1v) is 8.36. The maximum atomic E-state index is 4.61. The van der Waals surface area contributed by atoms with Crippen molar-refractivity contribution in [1.29, 1.82) is 0 Å². The minimum atomic E-state index is 0.496. The van der Waals surface area contributed by atoms with Crippen LogP contribution in [0.3, 0.4) is 0 Å². The highest BCUT2D eigenvalue weighted by molar-refractivity contribution is 5.27. The van der Waals surface area contributed by atoms with E-state index in [1.807, 2.05) is 6.20 Å². The molecule has 2 heteroatoms. The van der Waals surface area contributed by atoms with Crippen molar-refractivity contribution in [2.45, 2.75) is 64.8 Å². The molecule has 20 heavy (non-hydrogen) atoms. The molecule has 2 aliphatic carbocycles. The predicted octanol–water partition coefficient (Wildman–Crippen LogP) is 4.27. The molecule has 0 bridgehead atoms. The summed E-state index contributed by atoms with van der Waals surface area (Å²) in [6.07, 6.45) is 11.4. The van der Waals surface area contributed by atoms with Gasteiger partial charge in [0.25, 0.3) is 0 Å². The molecule has 1 heterocycles. The second-order valence-electron chi connectivity index (χ2n) is 7.33. The lowest BCUT2D eigenvalue weighted by molar-refractivity contribution is 0.214. The third-order valence-corrected chi connectivity index (χ3v) is 5.19. The number of nitrogens with one attached hydrogen (secondary N) is 1. The van der Waals surface area contributed by atoms with Gasteiger partial charge in [0.05, 0.1) is 11.7 Å². The van der Waals surface area contributed by atoms with Crippen molar-refractivity contribution in [2.75, 3.05) is 6.54 Å². The average Bonchev–Trinajstić information content (AvgIpc) is 3.03. The summed E-state index contributed by atoms with van der Waals surface area (Å²) in [6, 6.07) is 4.80. The molecule has 0 aliphatic heterocycles. The molecular weight excluding hydrogens is 244 g/mol. The van der Waals surface area contributed by atoms with Gasteiger partial charge >= 0.3 is 0 Å². The normalized spacial score (nSPS) is 24.2. The van der Waals surface area contributed by atoms with E-state index in [9.17, 15) is 0 Å². The molecule has 1 atom stereocenters. The summed E-state index contributed by atoms with van der Waals surface area (Å²) < 4.78 is 0. The molecule has 3 rings (SSSR count). The van der Waals surface area contributed by atoms with Crippen LogP contribution < -0.4 is 5.32 Å². The quantitative estimate of drug-likeness (QED) is 0.866. The van der Waals surface area contributed by atoms with Crippen LogP contribution in [0, 0.1) is 11.3 Å². The molecule has 0 aromatic carbocycles. The Morgan fingerprint density at radius 1 is 1.35 bits per heavy atom. The van der Waals surface area contributed by atoms with Crippen LogP contribution in [0.25, 0.3) is 0 Å². The van der Waals surface area contributed by atoms with Crippen LogP contribution in [0.2, 0.25) is 0 Å². The molecule has 1 unspecified atom stereocenters. The maximum Gasteiger partial charge on any atom is 0.0605 e. The average molecular weight is 272 g/mol. The summed E-state index contributed by atoms with van der Waals surface area (Å²) in [4.78, 5) is 4.61. The lowest BCUT2D eigenvalue weighted by Crippen LogP contribution is -2.35. The molecule has 1 fully saturated rings. The molecule has 1 aromatic rings. The van der Waals surface area contributed by atoms with E-state index < -0.39 is 0 Å². The zero-order valence-corrected chi connectivity index (χ0v) is 13.0. The monoisotopic (exact) mass is 272 g/mol. The molecule has 2 nitrogen and oxygen atoms in total. The minimum Gasteiger partial charge on any atom is -0.308 e. The van der Waals surface area contributed by atoms with Gasteiger partial charge in [-0.25, -0.2) is 0 Å². The maximum absolute atomic E-state index is 4.61. The molecule has 0 spiro atoms. The number of aryl methyl sites for hydroxylation is 1. The molecule has 1 saturated carbocycles. The van der Waals surface area contributed by atoms with E-state index in [0.29, 0.717) is 11.5 Å². The van der Waals surface area contributed by atoms with Crippen LogP contribution in [0.15, 0.2) is 18.3 Å². The largest absolute Gasteiger partial charge is 0.308 e. The van der Waals surface area contributed by atoms with E-state index in [2.05, 4.69) is 36.3 Å². The van der Waals surface area contributed by atoms with Gasteiger partial charge in [-0.05, 0) is 55.1 Å². The predicted molar refractivity (Wildman–Crippen MR) is 83.7 cm³/mol. The number of pyridine rings is 1. The van der Waals surface area contributed by atoms with Crippen LogP contribution in [0.4, 0.5) is 0 Å². The van der Waals surface area contributed by atoms with Crippen molar-refractivity contribution in [3.8, 4) is 0 Å². The Morgan fingerprint density at radius 2 is 2.15 bits per heavy atom. The minimum absolute atomic E-state index is 0.496. The van der Waals surface area contributed by atoms with Gasteiger partial charge in [-0.1, -0.05) is 32.8 Å². The van der Waals surface area contributed by atoms with Gasteiger partial charge in [0, 0.05) is 12.7 Å². The van der Waals surface area contributed by atoms with Gasteiger partial charge in [-0.3, -0.25) is 4.98 Å². The van der Waals surface area contributed by atoms with E-state index in [1.165, 1.54) is 62.7 Å². The standard InChI is InChI=1S/C18H28N2/c1-14(2)12-18(9-3-4-10-18)13-20-16-8-7-15-6-5-11-19-17(15)16/h5-6,11,14,16,20H,3-4,7-10,12-13H2,1-2H3. The highest BCUT2D eigenvalue weighted by Crippen LogP contribution is 2.43. The fraction of sp³-hybridized carbons (Fsp3) is 0.722. The highest BCUT2D eigenvalue weighted by Gasteiger charge is 2.35. The molecule has 1 N–H and O–H groups in total. The molecule has 0 amide bonds. The number of hydrogen-bond acceptors (Lipinski definition) is 2. The van der Waals surface area contributed by atoms with E-state index in [-0.39, 0.29) is 0 Å². The Kier molecular flexibility index (Phi) is 4.11. The van der Waals surface area contributed by atoms with Gasteiger partial charge < -0.3 is 5.32 Å². The second kappa shape index (κ2) is 5.85. The third kappa shape index (κ3) is 2.90. The molecular formula is C18H28N2. The fourth-order valence-electron chi connectivity index (χ4n) is 4.40. The van der Waals surface area contributed by atoms with Gasteiger partial charge in [-0.15, -0.1) is 0 Å². The van der Waals surface area contributed by atoms with Crippen molar-refractivity contribution >= 4 is 0 Å². The fourth-order valence-corrected chi connectivity index (χ4v) is 4.40. The number of fused-ring (bicyclic) bond motifs is 1. The van der Waals surface area contributed by atoms with Gasteiger partial charge in [0.1, 0.15) is 0 Å². The number of aromatic nitrogens is 1. The summed E-state index contributed by atoms with van der Waals surface area (Å²) in [5.41, 5.74) is 3.32. The van der Waals surface area contributed by atoms with Crippen LogP contribution >= 0.6 is 0 Å². The highest BCUT2D eigenvalue weighted by atomic mass is 15.0. The first-order valence-electron chi connectivity index (χ1n) is 8.36. The van der Waals surface area contributed by atoms with Crippen molar-refractivity contribution in [2.24, 2.45) is 11.3 Å². The van der Waals surface area contributed by atoms with E-state index in [0.717, 1.165) is 5.92 Å². The number of hydrogen-bond donors (Lipinski definition) is 1. The lowest BCUT2D eigenvalue weighted by Gasteiger charge is -2.32. The summed E-state index contributed by atoms with van der Waals surface area (Å²) in [5, 5.41) is 3.86. The van der Waals surface area contributed by atoms with Crippen LogP contribution in [-0.2, 0) is 6.42 Å². The van der Waals surface area contributed by atoms with Crippen molar-refractivity contribution in [1.82, 2.24) is 10.3 Å². The lowest BCUT2D eigenvalue weighted by atomic mass is 9.78. The van der Waals surface area contributed by atoms with Crippen molar-refractivity contribution in [3.05, 3.63) is 29.6 Å². The third-order valence-electron chi connectivity index (χ3n) is 5.19. The first kappa shape index (κ1) is 14.1. The van der Waals surface area contributed by atoms with Gasteiger partial charge in [-0.2, -0.15) is 0 Å². The Morgan fingerprint density at radius 3 is 2.90 bits per heavy atom. The topological polar surface area (TPSA) is 24.9 Å². The smallest absolute Gasteiger partial charge is 0.0605 e. The van der Waals surface area contributed by atoms with Crippen LogP contribution in [-0.4, -0.2) is 11.5 Å². The van der Waals surface area contributed by atoms with Crippen LogP contribution in [0.5, 0.6) is 0 Å². The molecule has 0 saturated heterocycles. The van der Waals surface area contributed by atoms with Crippen molar-refractivity contribution < 1.29 is 0 Å². The van der Waals surface area contributed by atoms with E-state index in [1.54, 1.807) is 0 Å². The molecule has 2 aliphatic rings. The summed E-state index contributed by atoms with van der Waals surface area (Å²) in [7, 11) is 0. The number of rotatable bonds is 5. The van der Waals surface area contributed by atoms with Crippen molar-refractivity contribution in [3.63, 3.8) is 0 Å². The summed E-state index contributed by atoms with van der Waals surface area (Å²) >= 11 is 0. The van der Waals surface area contributed by atoms with E-state index in [4.69, 9.17) is 0 Å². The Bertz CT molecular complexity index is 446. The molecule has 0 radical (unpaired) electrons.